The molecule has 0 aliphatic heterocycles. The third-order valence-corrected chi connectivity index (χ3v) is 3.09. The van der Waals surface area contributed by atoms with Gasteiger partial charge < -0.3 is 10.1 Å². The first-order valence-electron chi connectivity index (χ1n) is 5.96. The number of rotatable bonds is 5. The number of aromatic nitrogens is 1. The molecule has 4 nitrogen and oxygen atoms in total. The maximum atomic E-state index is 12.0. The van der Waals surface area contributed by atoms with Crippen molar-refractivity contribution in [3.8, 4) is 0 Å². The van der Waals surface area contributed by atoms with E-state index in [2.05, 4.69) is 10.3 Å². The fourth-order valence-electron chi connectivity index (χ4n) is 1.78. The first kappa shape index (κ1) is 13.8. The number of nitrogens with zero attached hydrogens (tertiary/aromatic N) is 1. The van der Waals surface area contributed by atoms with Crippen LogP contribution in [0.3, 0.4) is 0 Å². The zero-order valence-corrected chi connectivity index (χ0v) is 11.4. The van der Waals surface area contributed by atoms with Gasteiger partial charge in [0.05, 0.1) is 18.2 Å². The molecule has 1 unspecified atom stereocenters. The normalized spacial score (nSPS) is 12.3. The van der Waals surface area contributed by atoms with Gasteiger partial charge in [-0.1, -0.05) is 24.3 Å². The molecule has 1 N–H and O–H groups in total. The number of carbonyl (C=O) groups excluding carboxylic acids is 1. The van der Waals surface area contributed by atoms with Crippen LogP contribution in [-0.2, 0) is 4.74 Å². The average Bonchev–Trinajstić information content (AvgIpc) is 2.46. The SMILES string of the molecule is COCC(CCl)NC(=O)c1ccc2ccccc2n1. The predicted octanol–water partition coefficient (Wildman–Crippen LogP) is 2.22. The quantitative estimate of drug-likeness (QED) is 0.853. The van der Waals surface area contributed by atoms with Gasteiger partial charge in [0.15, 0.2) is 0 Å². The van der Waals surface area contributed by atoms with Crippen LogP contribution >= 0.6 is 11.6 Å². The van der Waals surface area contributed by atoms with Crippen molar-refractivity contribution in [2.24, 2.45) is 0 Å². The lowest BCUT2D eigenvalue weighted by molar-refractivity contribution is 0.0902. The molecular formula is C14H15ClN2O2. The van der Waals surface area contributed by atoms with Crippen LogP contribution in [0, 0.1) is 0 Å². The van der Waals surface area contributed by atoms with Crippen LogP contribution in [0.5, 0.6) is 0 Å². The number of nitrogens with one attached hydrogen (secondary N) is 1. The Kier molecular flexibility index (Phi) is 4.71. The molecule has 2 rings (SSSR count). The number of pyridine rings is 1. The average molecular weight is 279 g/mol. The van der Waals surface area contributed by atoms with Gasteiger partial charge in [0, 0.05) is 18.4 Å². The minimum atomic E-state index is -0.242. The molecule has 1 aromatic heterocycles. The predicted molar refractivity (Wildman–Crippen MR) is 75.6 cm³/mol. The van der Waals surface area contributed by atoms with Crippen molar-refractivity contribution >= 4 is 28.4 Å². The summed E-state index contributed by atoms with van der Waals surface area (Å²) < 4.78 is 4.98. The van der Waals surface area contributed by atoms with Crippen molar-refractivity contribution in [3.63, 3.8) is 0 Å². The Labute approximate surface area is 116 Å². The summed E-state index contributed by atoms with van der Waals surface area (Å²) in [6, 6.07) is 11.0. The molecule has 1 atom stereocenters. The van der Waals surface area contributed by atoms with Crippen molar-refractivity contribution in [3.05, 3.63) is 42.1 Å². The van der Waals surface area contributed by atoms with Gasteiger partial charge in [-0.2, -0.15) is 0 Å². The molecule has 0 saturated heterocycles. The van der Waals surface area contributed by atoms with Crippen LogP contribution in [0.2, 0.25) is 0 Å². The monoisotopic (exact) mass is 278 g/mol. The van der Waals surface area contributed by atoms with Gasteiger partial charge in [-0.15, -0.1) is 11.6 Å². The molecule has 1 amide bonds. The molecule has 100 valence electrons. The minimum absolute atomic E-state index is 0.215. The van der Waals surface area contributed by atoms with E-state index in [0.717, 1.165) is 10.9 Å². The highest BCUT2D eigenvalue weighted by Gasteiger charge is 2.14. The summed E-state index contributed by atoms with van der Waals surface area (Å²) in [7, 11) is 1.57. The maximum absolute atomic E-state index is 12.0. The number of alkyl halides is 1. The number of hydrogen-bond donors (Lipinski definition) is 1. The van der Waals surface area contributed by atoms with Crippen molar-refractivity contribution in [2.75, 3.05) is 19.6 Å². The smallest absolute Gasteiger partial charge is 0.270 e. The van der Waals surface area contributed by atoms with E-state index in [0.29, 0.717) is 18.2 Å². The van der Waals surface area contributed by atoms with E-state index >= 15 is 0 Å². The molecule has 1 heterocycles. The van der Waals surface area contributed by atoms with Crippen LogP contribution < -0.4 is 5.32 Å². The molecular weight excluding hydrogens is 264 g/mol. The molecule has 2 aromatic rings. The van der Waals surface area contributed by atoms with Gasteiger partial charge in [-0.3, -0.25) is 4.79 Å². The minimum Gasteiger partial charge on any atom is -0.383 e. The van der Waals surface area contributed by atoms with Crippen molar-refractivity contribution in [1.82, 2.24) is 10.3 Å². The van der Waals surface area contributed by atoms with Gasteiger partial charge >= 0.3 is 0 Å². The van der Waals surface area contributed by atoms with E-state index in [1.54, 1.807) is 13.2 Å². The summed E-state index contributed by atoms with van der Waals surface area (Å²) in [4.78, 5) is 16.4. The number of ether oxygens (including phenoxy) is 1. The van der Waals surface area contributed by atoms with E-state index in [1.807, 2.05) is 30.3 Å². The number of para-hydroxylation sites is 1. The second-order valence-electron chi connectivity index (χ2n) is 4.17. The summed E-state index contributed by atoms with van der Waals surface area (Å²) in [5.74, 6) is 0.0566. The fraction of sp³-hybridized carbons (Fsp3) is 0.286. The van der Waals surface area contributed by atoms with E-state index < -0.39 is 0 Å². The van der Waals surface area contributed by atoms with E-state index in [-0.39, 0.29) is 11.9 Å². The Morgan fingerprint density at radius 2 is 2.16 bits per heavy atom. The lowest BCUT2D eigenvalue weighted by atomic mass is 10.2. The third kappa shape index (κ3) is 3.43. The summed E-state index contributed by atoms with van der Waals surface area (Å²) >= 11 is 5.76. The third-order valence-electron chi connectivity index (χ3n) is 2.72. The lowest BCUT2D eigenvalue weighted by Gasteiger charge is -2.14. The lowest BCUT2D eigenvalue weighted by Crippen LogP contribution is -2.39. The molecule has 1 aromatic carbocycles. The summed E-state index contributed by atoms with van der Waals surface area (Å²) in [6.07, 6.45) is 0. The zero-order chi connectivity index (χ0) is 13.7. The highest BCUT2D eigenvalue weighted by Crippen LogP contribution is 2.11. The first-order valence-corrected chi connectivity index (χ1v) is 6.49. The molecule has 5 heteroatoms. The number of fused-ring (bicyclic) bond motifs is 1. The first-order chi connectivity index (χ1) is 9.24. The maximum Gasteiger partial charge on any atom is 0.270 e. The van der Waals surface area contributed by atoms with Crippen molar-refractivity contribution in [1.29, 1.82) is 0 Å². The molecule has 0 radical (unpaired) electrons. The van der Waals surface area contributed by atoms with Gasteiger partial charge in [0.2, 0.25) is 0 Å². The molecule has 19 heavy (non-hydrogen) atoms. The molecule has 0 spiro atoms. The molecule has 0 saturated carbocycles. The molecule has 0 aliphatic carbocycles. The largest absolute Gasteiger partial charge is 0.383 e. The Balaban J connectivity index is 2.16. The van der Waals surface area contributed by atoms with Crippen LogP contribution in [0.4, 0.5) is 0 Å². The number of carbonyl (C=O) groups is 1. The number of halogens is 1. The van der Waals surface area contributed by atoms with E-state index in [9.17, 15) is 4.79 Å². The van der Waals surface area contributed by atoms with Gasteiger partial charge in [0.1, 0.15) is 5.69 Å². The van der Waals surface area contributed by atoms with Gasteiger partial charge in [0.25, 0.3) is 5.91 Å². The Morgan fingerprint density at radius 1 is 1.37 bits per heavy atom. The Morgan fingerprint density at radius 3 is 2.89 bits per heavy atom. The van der Waals surface area contributed by atoms with Crippen LogP contribution in [-0.4, -0.2) is 36.5 Å². The fourth-order valence-corrected chi connectivity index (χ4v) is 1.94. The summed E-state index contributed by atoms with van der Waals surface area (Å²) in [6.45, 7) is 0.378. The number of amides is 1. The topological polar surface area (TPSA) is 51.2 Å². The van der Waals surface area contributed by atoms with Crippen LogP contribution in [0.1, 0.15) is 10.5 Å². The van der Waals surface area contributed by atoms with Gasteiger partial charge in [-0.05, 0) is 12.1 Å². The standard InChI is InChI=1S/C14H15ClN2O2/c1-19-9-11(8-15)16-14(18)13-7-6-10-4-2-3-5-12(10)17-13/h2-7,11H,8-9H2,1H3,(H,16,18). The molecule has 0 aliphatic rings. The van der Waals surface area contributed by atoms with Crippen LogP contribution in [0.15, 0.2) is 36.4 Å². The van der Waals surface area contributed by atoms with Crippen LogP contribution in [0.25, 0.3) is 10.9 Å². The van der Waals surface area contributed by atoms with Gasteiger partial charge in [-0.25, -0.2) is 4.98 Å². The van der Waals surface area contributed by atoms with Crippen molar-refractivity contribution < 1.29 is 9.53 Å². The number of hydrogen-bond acceptors (Lipinski definition) is 3. The number of benzene rings is 1. The van der Waals surface area contributed by atoms with Crippen molar-refractivity contribution in [2.45, 2.75) is 6.04 Å². The highest BCUT2D eigenvalue weighted by molar-refractivity contribution is 6.18. The second-order valence-corrected chi connectivity index (χ2v) is 4.48. The van der Waals surface area contributed by atoms with E-state index in [4.69, 9.17) is 16.3 Å². The Bertz CT molecular complexity index is 574. The Hall–Kier alpha value is -1.65. The molecule has 0 fully saturated rings. The molecule has 0 bridgehead atoms. The number of methoxy groups -OCH3 is 1. The zero-order valence-electron chi connectivity index (χ0n) is 10.6. The highest BCUT2D eigenvalue weighted by atomic mass is 35.5. The van der Waals surface area contributed by atoms with E-state index in [1.165, 1.54) is 0 Å². The summed E-state index contributed by atoms with van der Waals surface area (Å²) in [5.41, 5.74) is 1.18. The second kappa shape index (κ2) is 6.50. The summed E-state index contributed by atoms with van der Waals surface area (Å²) in [5, 5.41) is 3.79.